The second-order valence-corrected chi connectivity index (χ2v) is 9.49. The average Bonchev–Trinajstić information content (AvgIpc) is 2.79. The average molecular weight is 461 g/mol. The first-order valence-electron chi connectivity index (χ1n) is 10.6. The molecule has 1 heterocycles. The molecule has 3 rings (SSSR count). The third kappa shape index (κ3) is 6.80. The number of esters is 1. The number of hydrogen-bond acceptors (Lipinski definition) is 6. The predicted octanol–water partition coefficient (Wildman–Crippen LogP) is 2.81. The molecule has 0 unspecified atom stereocenters. The summed E-state index contributed by atoms with van der Waals surface area (Å²) in [5.41, 5.74) is 1.30. The van der Waals surface area contributed by atoms with Crippen LogP contribution in [0, 0.1) is 5.92 Å². The molecule has 2 aromatic carbocycles. The van der Waals surface area contributed by atoms with Crippen molar-refractivity contribution in [3.8, 4) is 5.75 Å². The van der Waals surface area contributed by atoms with E-state index in [4.69, 9.17) is 9.47 Å². The lowest BCUT2D eigenvalue weighted by Gasteiger charge is -2.30. The van der Waals surface area contributed by atoms with E-state index in [1.807, 2.05) is 18.2 Å². The molecule has 2 aromatic rings. The standard InChI is InChI=1S/C23H28N2O6S/c1-2-30-22(26)16-31-21-10-6-9-20(15-21)24-23(27)19-11-13-25(14-12-19)32(28,29)17-18-7-4-3-5-8-18/h3-10,15,19H,2,11-14,16-17H2,1H3,(H,24,27). The van der Waals surface area contributed by atoms with E-state index < -0.39 is 16.0 Å². The molecule has 1 aliphatic rings. The minimum absolute atomic E-state index is 0.0384. The van der Waals surface area contributed by atoms with Gasteiger partial charge in [0.15, 0.2) is 6.61 Å². The molecule has 0 saturated carbocycles. The van der Waals surface area contributed by atoms with E-state index in [-0.39, 0.29) is 30.8 Å². The highest BCUT2D eigenvalue weighted by molar-refractivity contribution is 7.88. The Morgan fingerprint density at radius 3 is 2.47 bits per heavy atom. The van der Waals surface area contributed by atoms with Crippen molar-refractivity contribution in [2.75, 3.05) is 31.6 Å². The molecule has 1 N–H and O–H groups in total. The number of ether oxygens (including phenoxy) is 2. The summed E-state index contributed by atoms with van der Waals surface area (Å²) in [4.78, 5) is 24.1. The Morgan fingerprint density at radius 2 is 1.78 bits per heavy atom. The lowest BCUT2D eigenvalue weighted by molar-refractivity contribution is -0.145. The van der Waals surface area contributed by atoms with Crippen LogP contribution in [0.3, 0.4) is 0 Å². The molecule has 0 aliphatic carbocycles. The van der Waals surface area contributed by atoms with Gasteiger partial charge in [-0.15, -0.1) is 0 Å². The van der Waals surface area contributed by atoms with Crippen molar-refractivity contribution in [2.45, 2.75) is 25.5 Å². The van der Waals surface area contributed by atoms with E-state index in [1.54, 1.807) is 43.3 Å². The largest absolute Gasteiger partial charge is 0.482 e. The van der Waals surface area contributed by atoms with Crippen molar-refractivity contribution < 1.29 is 27.5 Å². The van der Waals surface area contributed by atoms with E-state index in [0.29, 0.717) is 37.4 Å². The number of benzene rings is 2. The van der Waals surface area contributed by atoms with Gasteiger partial charge in [-0.25, -0.2) is 17.5 Å². The normalized spacial score (nSPS) is 15.2. The van der Waals surface area contributed by atoms with Gasteiger partial charge in [0, 0.05) is 30.8 Å². The fourth-order valence-electron chi connectivity index (χ4n) is 3.53. The summed E-state index contributed by atoms with van der Waals surface area (Å²) >= 11 is 0. The van der Waals surface area contributed by atoms with Crippen molar-refractivity contribution in [3.05, 3.63) is 60.2 Å². The number of carbonyl (C=O) groups excluding carboxylic acids is 2. The summed E-state index contributed by atoms with van der Waals surface area (Å²) in [5, 5.41) is 2.86. The van der Waals surface area contributed by atoms with Crippen LogP contribution in [0.5, 0.6) is 5.75 Å². The number of rotatable bonds is 9. The minimum Gasteiger partial charge on any atom is -0.482 e. The van der Waals surface area contributed by atoms with E-state index >= 15 is 0 Å². The highest BCUT2D eigenvalue weighted by Crippen LogP contribution is 2.24. The quantitative estimate of drug-likeness (QED) is 0.578. The number of nitrogens with one attached hydrogen (secondary N) is 1. The summed E-state index contributed by atoms with van der Waals surface area (Å²) in [6.45, 7) is 2.43. The van der Waals surface area contributed by atoms with Crippen LogP contribution in [0.15, 0.2) is 54.6 Å². The topological polar surface area (TPSA) is 102 Å². The van der Waals surface area contributed by atoms with Gasteiger partial charge in [0.1, 0.15) is 5.75 Å². The zero-order chi connectivity index (χ0) is 23.0. The first-order chi connectivity index (χ1) is 15.4. The third-order valence-electron chi connectivity index (χ3n) is 5.17. The second-order valence-electron chi connectivity index (χ2n) is 7.53. The molecule has 1 fully saturated rings. The lowest BCUT2D eigenvalue weighted by atomic mass is 9.97. The zero-order valence-corrected chi connectivity index (χ0v) is 18.8. The molecule has 0 atom stereocenters. The van der Waals surface area contributed by atoms with Crippen molar-refractivity contribution in [1.29, 1.82) is 0 Å². The molecule has 9 heteroatoms. The Bertz CT molecular complexity index is 1020. The highest BCUT2D eigenvalue weighted by Gasteiger charge is 2.31. The number of amides is 1. The Hall–Kier alpha value is -2.91. The van der Waals surface area contributed by atoms with Gasteiger partial charge in [0.25, 0.3) is 0 Å². The van der Waals surface area contributed by atoms with Gasteiger partial charge in [0.2, 0.25) is 15.9 Å². The van der Waals surface area contributed by atoms with Crippen molar-refractivity contribution in [2.24, 2.45) is 5.92 Å². The molecule has 8 nitrogen and oxygen atoms in total. The van der Waals surface area contributed by atoms with Crippen molar-refractivity contribution in [1.82, 2.24) is 4.31 Å². The predicted molar refractivity (Wildman–Crippen MR) is 121 cm³/mol. The molecule has 1 saturated heterocycles. The van der Waals surface area contributed by atoms with Gasteiger partial charge >= 0.3 is 5.97 Å². The molecular weight excluding hydrogens is 432 g/mol. The number of piperidine rings is 1. The van der Waals surface area contributed by atoms with Crippen LogP contribution in [0.25, 0.3) is 0 Å². The monoisotopic (exact) mass is 460 g/mol. The molecule has 1 aliphatic heterocycles. The Kier molecular flexibility index (Phi) is 8.24. The maximum absolute atomic E-state index is 12.7. The second kappa shape index (κ2) is 11.1. The Morgan fingerprint density at radius 1 is 1.06 bits per heavy atom. The van der Waals surface area contributed by atoms with Crippen LogP contribution in [0.4, 0.5) is 5.69 Å². The smallest absolute Gasteiger partial charge is 0.344 e. The zero-order valence-electron chi connectivity index (χ0n) is 18.0. The SMILES string of the molecule is CCOC(=O)COc1cccc(NC(=O)C2CCN(S(=O)(=O)Cc3ccccc3)CC2)c1. The van der Waals surface area contributed by atoms with Crippen LogP contribution < -0.4 is 10.1 Å². The van der Waals surface area contributed by atoms with Crippen molar-refractivity contribution in [3.63, 3.8) is 0 Å². The molecular formula is C23H28N2O6S. The molecule has 0 aromatic heterocycles. The van der Waals surface area contributed by atoms with Gasteiger partial charge in [-0.3, -0.25) is 4.79 Å². The van der Waals surface area contributed by atoms with Gasteiger partial charge in [-0.05, 0) is 37.5 Å². The Labute approximate surface area is 188 Å². The van der Waals surface area contributed by atoms with Crippen molar-refractivity contribution >= 4 is 27.6 Å². The first kappa shape index (κ1) is 23.7. The number of sulfonamides is 1. The van der Waals surface area contributed by atoms with E-state index in [1.165, 1.54) is 4.31 Å². The highest BCUT2D eigenvalue weighted by atomic mass is 32.2. The van der Waals surface area contributed by atoms with Crippen LogP contribution in [-0.4, -0.2) is 50.9 Å². The molecule has 1 amide bonds. The number of anilines is 1. The van der Waals surface area contributed by atoms with E-state index in [9.17, 15) is 18.0 Å². The number of hydrogen-bond donors (Lipinski definition) is 1. The number of carbonyl (C=O) groups is 2. The molecule has 172 valence electrons. The lowest BCUT2D eigenvalue weighted by Crippen LogP contribution is -2.41. The van der Waals surface area contributed by atoms with Crippen LogP contribution in [0.1, 0.15) is 25.3 Å². The van der Waals surface area contributed by atoms with Gasteiger partial charge in [-0.2, -0.15) is 0 Å². The van der Waals surface area contributed by atoms with Gasteiger partial charge < -0.3 is 14.8 Å². The van der Waals surface area contributed by atoms with Gasteiger partial charge in [-0.1, -0.05) is 36.4 Å². The summed E-state index contributed by atoms with van der Waals surface area (Å²) in [6, 6.07) is 15.8. The first-order valence-corrected chi connectivity index (χ1v) is 12.2. The van der Waals surface area contributed by atoms with Crippen LogP contribution >= 0.6 is 0 Å². The number of nitrogens with zero attached hydrogens (tertiary/aromatic N) is 1. The Balaban J connectivity index is 1.50. The maximum atomic E-state index is 12.7. The summed E-state index contributed by atoms with van der Waals surface area (Å²) < 4.78 is 37.1. The fraction of sp³-hybridized carbons (Fsp3) is 0.391. The van der Waals surface area contributed by atoms with Crippen LogP contribution in [-0.2, 0) is 30.1 Å². The molecule has 0 bridgehead atoms. The molecule has 0 spiro atoms. The fourth-order valence-corrected chi connectivity index (χ4v) is 5.09. The molecule has 32 heavy (non-hydrogen) atoms. The summed E-state index contributed by atoms with van der Waals surface area (Å²) in [7, 11) is -3.42. The summed E-state index contributed by atoms with van der Waals surface area (Å²) in [6.07, 6.45) is 0.914. The third-order valence-corrected chi connectivity index (χ3v) is 7.02. The minimum atomic E-state index is -3.42. The van der Waals surface area contributed by atoms with E-state index in [2.05, 4.69) is 5.32 Å². The summed E-state index contributed by atoms with van der Waals surface area (Å²) in [5.74, 6) is -0.493. The maximum Gasteiger partial charge on any atom is 0.344 e. The van der Waals surface area contributed by atoms with Crippen LogP contribution in [0.2, 0.25) is 0 Å². The van der Waals surface area contributed by atoms with E-state index in [0.717, 1.165) is 5.56 Å². The van der Waals surface area contributed by atoms with Gasteiger partial charge in [0.05, 0.1) is 12.4 Å². The molecule has 0 radical (unpaired) electrons.